The number of nitrogens with zero attached hydrogens (tertiary/aromatic N) is 5. The minimum atomic E-state index is 0.843. The number of hydrogen-bond donors (Lipinski definition) is 1. The molecule has 0 spiro atoms. The van der Waals surface area contributed by atoms with Crippen LogP contribution in [0.15, 0.2) is 29.4 Å². The number of aryl methyl sites for hydroxylation is 2. The molecule has 26 heavy (non-hydrogen) atoms. The molecule has 0 bridgehead atoms. The van der Waals surface area contributed by atoms with Crippen molar-refractivity contribution in [2.45, 2.75) is 37.3 Å². The standard InChI is InChI=1S/C19H26N6S/c1-24-18(10-9-17-20-15-7-3-4-8-16(15)21-17)22-23-19(24)26-14-13-25-11-5-2-6-12-25/h3-4,7-8H,2,5-6,9-14H2,1H3,(H,20,21). The average molecular weight is 371 g/mol. The first-order valence-corrected chi connectivity index (χ1v) is 10.5. The highest BCUT2D eigenvalue weighted by atomic mass is 32.2. The summed E-state index contributed by atoms with van der Waals surface area (Å²) in [4.78, 5) is 10.6. The first kappa shape index (κ1) is 17.5. The molecule has 2 aromatic heterocycles. The van der Waals surface area contributed by atoms with E-state index in [-0.39, 0.29) is 0 Å². The van der Waals surface area contributed by atoms with Crippen LogP contribution in [0, 0.1) is 0 Å². The van der Waals surface area contributed by atoms with Gasteiger partial charge in [-0.15, -0.1) is 10.2 Å². The van der Waals surface area contributed by atoms with E-state index >= 15 is 0 Å². The molecule has 3 aromatic rings. The van der Waals surface area contributed by atoms with Crippen molar-refractivity contribution in [3.8, 4) is 0 Å². The zero-order valence-corrected chi connectivity index (χ0v) is 16.1. The molecular formula is C19H26N6S. The number of fused-ring (bicyclic) bond motifs is 1. The lowest BCUT2D eigenvalue weighted by Gasteiger charge is -2.25. The number of likely N-dealkylation sites (tertiary alicyclic amines) is 1. The zero-order valence-electron chi connectivity index (χ0n) is 15.3. The van der Waals surface area contributed by atoms with Crippen molar-refractivity contribution in [1.82, 2.24) is 29.6 Å². The normalized spacial score (nSPS) is 15.7. The van der Waals surface area contributed by atoms with Gasteiger partial charge in [0, 0.05) is 32.2 Å². The Bertz CT molecular complexity index is 816. The number of aromatic amines is 1. The van der Waals surface area contributed by atoms with Crippen LogP contribution in [-0.4, -0.2) is 55.0 Å². The number of thioether (sulfide) groups is 1. The Morgan fingerprint density at radius 3 is 2.77 bits per heavy atom. The van der Waals surface area contributed by atoms with Gasteiger partial charge in [0.25, 0.3) is 0 Å². The topological polar surface area (TPSA) is 62.6 Å². The molecule has 1 fully saturated rings. The molecule has 0 atom stereocenters. The molecule has 0 amide bonds. The molecule has 1 saturated heterocycles. The summed E-state index contributed by atoms with van der Waals surface area (Å²) in [5.41, 5.74) is 2.11. The Morgan fingerprint density at radius 1 is 1.08 bits per heavy atom. The van der Waals surface area contributed by atoms with E-state index in [1.54, 1.807) is 0 Å². The summed E-state index contributed by atoms with van der Waals surface area (Å²) in [6.07, 6.45) is 5.78. The molecule has 138 valence electrons. The van der Waals surface area contributed by atoms with Gasteiger partial charge in [-0.2, -0.15) is 0 Å². The second kappa shape index (κ2) is 8.22. The van der Waals surface area contributed by atoms with Gasteiger partial charge >= 0.3 is 0 Å². The fraction of sp³-hybridized carbons (Fsp3) is 0.526. The molecule has 1 aliphatic heterocycles. The third-order valence-electron chi connectivity index (χ3n) is 5.04. The van der Waals surface area contributed by atoms with E-state index in [9.17, 15) is 0 Å². The number of benzene rings is 1. The maximum atomic E-state index is 4.64. The molecule has 1 aromatic carbocycles. The first-order valence-electron chi connectivity index (χ1n) is 9.46. The summed E-state index contributed by atoms with van der Waals surface area (Å²) in [6, 6.07) is 8.14. The molecule has 1 aliphatic rings. The Kier molecular flexibility index (Phi) is 5.55. The molecular weight excluding hydrogens is 344 g/mol. The average Bonchev–Trinajstić information content (AvgIpc) is 3.24. The van der Waals surface area contributed by atoms with Crippen molar-refractivity contribution in [3.63, 3.8) is 0 Å². The van der Waals surface area contributed by atoms with Crippen LogP contribution in [0.2, 0.25) is 0 Å². The van der Waals surface area contributed by atoms with E-state index in [0.29, 0.717) is 0 Å². The second-order valence-electron chi connectivity index (χ2n) is 6.91. The van der Waals surface area contributed by atoms with Crippen molar-refractivity contribution in [1.29, 1.82) is 0 Å². The van der Waals surface area contributed by atoms with E-state index in [2.05, 4.69) is 42.7 Å². The highest BCUT2D eigenvalue weighted by Gasteiger charge is 2.13. The molecule has 3 heterocycles. The molecule has 0 aliphatic carbocycles. The van der Waals surface area contributed by atoms with Gasteiger partial charge in [-0.3, -0.25) is 0 Å². The predicted octanol–water partition coefficient (Wildman–Crippen LogP) is 3.05. The van der Waals surface area contributed by atoms with Gasteiger partial charge in [-0.05, 0) is 38.1 Å². The lowest BCUT2D eigenvalue weighted by atomic mass is 10.1. The number of H-pyrrole nitrogens is 1. The van der Waals surface area contributed by atoms with Crippen LogP contribution in [0.25, 0.3) is 11.0 Å². The number of imidazole rings is 1. The van der Waals surface area contributed by atoms with Gasteiger partial charge in [0.1, 0.15) is 11.6 Å². The molecule has 7 heteroatoms. The van der Waals surface area contributed by atoms with Crippen LogP contribution >= 0.6 is 11.8 Å². The molecule has 0 radical (unpaired) electrons. The van der Waals surface area contributed by atoms with E-state index in [4.69, 9.17) is 0 Å². The van der Waals surface area contributed by atoms with Gasteiger partial charge in [0.15, 0.2) is 5.16 Å². The minimum Gasteiger partial charge on any atom is -0.342 e. The predicted molar refractivity (Wildman–Crippen MR) is 106 cm³/mol. The monoisotopic (exact) mass is 370 g/mol. The van der Waals surface area contributed by atoms with Crippen LogP contribution in [0.5, 0.6) is 0 Å². The summed E-state index contributed by atoms with van der Waals surface area (Å²) in [7, 11) is 2.07. The summed E-state index contributed by atoms with van der Waals surface area (Å²) < 4.78 is 2.13. The Hall–Kier alpha value is -1.86. The molecule has 1 N–H and O–H groups in total. The van der Waals surface area contributed by atoms with Gasteiger partial charge in [-0.1, -0.05) is 30.3 Å². The quantitative estimate of drug-likeness (QED) is 0.648. The lowest BCUT2D eigenvalue weighted by molar-refractivity contribution is 0.242. The Labute approximate surface area is 158 Å². The number of aromatic nitrogens is 5. The van der Waals surface area contributed by atoms with Crippen LogP contribution in [0.1, 0.15) is 30.9 Å². The van der Waals surface area contributed by atoms with Crippen LogP contribution in [0.4, 0.5) is 0 Å². The van der Waals surface area contributed by atoms with Gasteiger partial charge in [0.05, 0.1) is 11.0 Å². The van der Waals surface area contributed by atoms with Crippen molar-refractivity contribution in [2.24, 2.45) is 7.05 Å². The SMILES string of the molecule is Cn1c(CCc2nc3ccccc3[nH]2)nnc1SCCN1CCCCC1. The van der Waals surface area contributed by atoms with E-state index in [1.165, 1.54) is 32.4 Å². The number of nitrogens with one attached hydrogen (secondary N) is 1. The summed E-state index contributed by atoms with van der Waals surface area (Å²) in [6.45, 7) is 3.65. The second-order valence-corrected chi connectivity index (χ2v) is 7.97. The van der Waals surface area contributed by atoms with Crippen molar-refractivity contribution < 1.29 is 0 Å². The van der Waals surface area contributed by atoms with Crippen molar-refractivity contribution in [2.75, 3.05) is 25.4 Å². The third kappa shape index (κ3) is 4.10. The van der Waals surface area contributed by atoms with E-state index in [0.717, 1.165) is 53.0 Å². The number of piperidine rings is 1. The van der Waals surface area contributed by atoms with Gasteiger partial charge in [0.2, 0.25) is 0 Å². The highest BCUT2D eigenvalue weighted by Crippen LogP contribution is 2.18. The third-order valence-corrected chi connectivity index (χ3v) is 6.04. The molecule has 6 nitrogen and oxygen atoms in total. The summed E-state index contributed by atoms with van der Waals surface area (Å²) in [5.74, 6) is 3.11. The van der Waals surface area contributed by atoms with Crippen LogP contribution < -0.4 is 0 Å². The van der Waals surface area contributed by atoms with Crippen LogP contribution in [-0.2, 0) is 19.9 Å². The van der Waals surface area contributed by atoms with Gasteiger partial charge < -0.3 is 14.5 Å². The zero-order chi connectivity index (χ0) is 17.8. The first-order chi connectivity index (χ1) is 12.8. The fourth-order valence-corrected chi connectivity index (χ4v) is 4.42. The minimum absolute atomic E-state index is 0.843. The molecule has 4 rings (SSSR count). The molecule has 0 saturated carbocycles. The maximum Gasteiger partial charge on any atom is 0.190 e. The summed E-state index contributed by atoms with van der Waals surface area (Å²) >= 11 is 1.81. The van der Waals surface area contributed by atoms with Crippen LogP contribution in [0.3, 0.4) is 0 Å². The van der Waals surface area contributed by atoms with Crippen molar-refractivity contribution >= 4 is 22.8 Å². The smallest absolute Gasteiger partial charge is 0.190 e. The molecule has 0 unspecified atom stereocenters. The number of hydrogen-bond acceptors (Lipinski definition) is 5. The largest absolute Gasteiger partial charge is 0.342 e. The van der Waals surface area contributed by atoms with E-state index < -0.39 is 0 Å². The lowest BCUT2D eigenvalue weighted by Crippen LogP contribution is -2.31. The highest BCUT2D eigenvalue weighted by molar-refractivity contribution is 7.99. The fourth-order valence-electron chi connectivity index (χ4n) is 3.49. The van der Waals surface area contributed by atoms with E-state index in [1.807, 2.05) is 30.0 Å². The summed E-state index contributed by atoms with van der Waals surface area (Å²) in [5, 5.41) is 9.78. The number of rotatable bonds is 7. The Morgan fingerprint density at radius 2 is 1.92 bits per heavy atom. The Balaban J connectivity index is 1.30. The van der Waals surface area contributed by atoms with Crippen molar-refractivity contribution in [3.05, 3.63) is 35.9 Å². The number of para-hydroxylation sites is 2. The maximum absolute atomic E-state index is 4.64. The van der Waals surface area contributed by atoms with Gasteiger partial charge in [-0.25, -0.2) is 4.98 Å².